The van der Waals surface area contributed by atoms with Gasteiger partial charge in [-0.1, -0.05) is 0 Å². The van der Waals surface area contributed by atoms with E-state index in [1.54, 1.807) is 11.3 Å². The largest absolute Gasteiger partial charge is 0.305 e. The summed E-state index contributed by atoms with van der Waals surface area (Å²) in [5, 5.41) is 6.48. The molecule has 14 heavy (non-hydrogen) atoms. The third-order valence-electron chi connectivity index (χ3n) is 2.39. The normalized spacial score (nSPS) is 28.0. The number of thiazole rings is 1. The van der Waals surface area contributed by atoms with Gasteiger partial charge in [0.2, 0.25) is 0 Å². The molecule has 4 heteroatoms. The van der Waals surface area contributed by atoms with Gasteiger partial charge in [0.05, 0.1) is 6.04 Å². The molecule has 2 rings (SSSR count). The van der Waals surface area contributed by atoms with Crippen molar-refractivity contribution < 1.29 is 4.79 Å². The van der Waals surface area contributed by atoms with Gasteiger partial charge in [0.1, 0.15) is 10.8 Å². The van der Waals surface area contributed by atoms with Crippen LogP contribution in [0, 0.1) is 6.92 Å². The summed E-state index contributed by atoms with van der Waals surface area (Å²) >= 11 is 1.63. The zero-order chi connectivity index (χ0) is 10.1. The molecular formula is C10H14N2OS. The first-order valence-corrected chi connectivity index (χ1v) is 5.73. The summed E-state index contributed by atoms with van der Waals surface area (Å²) in [6, 6.07) is 0.426. The number of piperidine rings is 1. The number of hydrogen-bond acceptors (Lipinski definition) is 4. The lowest BCUT2D eigenvalue weighted by molar-refractivity contribution is -0.121. The summed E-state index contributed by atoms with van der Waals surface area (Å²) < 4.78 is 0. The Morgan fingerprint density at radius 3 is 2.93 bits per heavy atom. The maximum Gasteiger partial charge on any atom is 0.136 e. The molecule has 3 nitrogen and oxygen atoms in total. The van der Waals surface area contributed by atoms with Crippen LogP contribution in [0.5, 0.6) is 0 Å². The standard InChI is InChI=1S/C10H14N2OS/c1-6-3-8(13)4-9(11-6)10-12-7(2)5-14-10/h5-6,9,11H,3-4H2,1-2H3. The number of aryl methyl sites for hydroxylation is 1. The Kier molecular flexibility index (Phi) is 2.65. The summed E-state index contributed by atoms with van der Waals surface area (Å²) in [7, 11) is 0. The molecule has 1 aliphatic heterocycles. The van der Waals surface area contributed by atoms with Crippen molar-refractivity contribution in [1.82, 2.24) is 10.3 Å². The van der Waals surface area contributed by atoms with E-state index >= 15 is 0 Å². The van der Waals surface area contributed by atoms with Crippen LogP contribution >= 0.6 is 11.3 Å². The van der Waals surface area contributed by atoms with Gasteiger partial charge in [-0.05, 0) is 13.8 Å². The van der Waals surface area contributed by atoms with E-state index in [9.17, 15) is 4.79 Å². The lowest BCUT2D eigenvalue weighted by Crippen LogP contribution is -2.38. The Morgan fingerprint density at radius 2 is 2.36 bits per heavy atom. The quantitative estimate of drug-likeness (QED) is 0.769. The third kappa shape index (κ3) is 2.01. The number of Topliss-reactive ketones (excluding diaryl/α,β-unsaturated/α-hetero) is 1. The van der Waals surface area contributed by atoms with E-state index in [0.29, 0.717) is 18.6 Å². The minimum atomic E-state index is 0.143. The van der Waals surface area contributed by atoms with Crippen LogP contribution in [0.25, 0.3) is 0 Å². The molecule has 2 atom stereocenters. The van der Waals surface area contributed by atoms with Gasteiger partial charge in [-0.15, -0.1) is 11.3 Å². The molecule has 1 aromatic rings. The zero-order valence-electron chi connectivity index (χ0n) is 8.41. The van der Waals surface area contributed by atoms with E-state index in [1.807, 2.05) is 19.2 Å². The lowest BCUT2D eigenvalue weighted by atomic mass is 9.99. The average Bonchev–Trinajstić information content (AvgIpc) is 2.50. The van der Waals surface area contributed by atoms with Crippen molar-refractivity contribution in [3.8, 4) is 0 Å². The van der Waals surface area contributed by atoms with Gasteiger partial charge in [-0.2, -0.15) is 0 Å². The van der Waals surface area contributed by atoms with Gasteiger partial charge in [-0.3, -0.25) is 4.79 Å². The molecule has 0 aromatic carbocycles. The van der Waals surface area contributed by atoms with E-state index in [0.717, 1.165) is 10.7 Å². The molecule has 0 bridgehead atoms. The van der Waals surface area contributed by atoms with Crippen molar-refractivity contribution in [3.05, 3.63) is 16.1 Å². The predicted molar refractivity (Wildman–Crippen MR) is 56.4 cm³/mol. The number of aromatic nitrogens is 1. The topological polar surface area (TPSA) is 42.0 Å². The number of nitrogens with one attached hydrogen (secondary N) is 1. The Labute approximate surface area is 87.6 Å². The highest BCUT2D eigenvalue weighted by molar-refractivity contribution is 7.09. The highest BCUT2D eigenvalue weighted by Gasteiger charge is 2.26. The van der Waals surface area contributed by atoms with Gasteiger partial charge in [-0.25, -0.2) is 4.98 Å². The van der Waals surface area contributed by atoms with E-state index in [2.05, 4.69) is 10.3 Å². The number of nitrogens with zero attached hydrogens (tertiary/aromatic N) is 1. The number of carbonyl (C=O) groups excluding carboxylic acids is 1. The zero-order valence-corrected chi connectivity index (χ0v) is 9.23. The van der Waals surface area contributed by atoms with Gasteiger partial charge >= 0.3 is 0 Å². The van der Waals surface area contributed by atoms with Crippen molar-refractivity contribution >= 4 is 17.1 Å². The Bertz CT molecular complexity index is 348. The van der Waals surface area contributed by atoms with Crippen LogP contribution in [-0.4, -0.2) is 16.8 Å². The molecule has 0 saturated carbocycles. The highest BCUT2D eigenvalue weighted by Crippen LogP contribution is 2.25. The minimum Gasteiger partial charge on any atom is -0.305 e. The summed E-state index contributed by atoms with van der Waals surface area (Å²) in [4.78, 5) is 15.8. The number of hydrogen-bond donors (Lipinski definition) is 1. The van der Waals surface area contributed by atoms with Crippen LogP contribution < -0.4 is 5.32 Å². The molecule has 2 heterocycles. The molecule has 0 spiro atoms. The smallest absolute Gasteiger partial charge is 0.136 e. The molecule has 1 aromatic heterocycles. The van der Waals surface area contributed by atoms with Gasteiger partial charge < -0.3 is 5.32 Å². The second-order valence-corrected chi connectivity index (χ2v) is 4.78. The molecule has 0 amide bonds. The van der Waals surface area contributed by atoms with Gasteiger partial charge in [0.15, 0.2) is 0 Å². The van der Waals surface area contributed by atoms with E-state index < -0.39 is 0 Å². The Hall–Kier alpha value is -0.740. The van der Waals surface area contributed by atoms with Crippen LogP contribution in [0.2, 0.25) is 0 Å². The van der Waals surface area contributed by atoms with E-state index in [-0.39, 0.29) is 12.1 Å². The van der Waals surface area contributed by atoms with Crippen LogP contribution in [-0.2, 0) is 4.79 Å². The molecule has 1 aliphatic rings. The molecule has 2 unspecified atom stereocenters. The Morgan fingerprint density at radius 1 is 1.57 bits per heavy atom. The number of carbonyl (C=O) groups is 1. The SMILES string of the molecule is Cc1csc(C2CC(=O)CC(C)N2)n1. The number of rotatable bonds is 1. The average molecular weight is 210 g/mol. The van der Waals surface area contributed by atoms with Crippen molar-refractivity contribution in [2.75, 3.05) is 0 Å². The Balaban J connectivity index is 2.14. The van der Waals surface area contributed by atoms with Gasteiger partial charge in [0.25, 0.3) is 0 Å². The van der Waals surface area contributed by atoms with Crippen molar-refractivity contribution in [2.24, 2.45) is 0 Å². The molecule has 0 aliphatic carbocycles. The van der Waals surface area contributed by atoms with Crippen molar-refractivity contribution in [2.45, 2.75) is 38.8 Å². The molecule has 0 radical (unpaired) electrons. The first kappa shape index (κ1) is 9.80. The van der Waals surface area contributed by atoms with Crippen molar-refractivity contribution in [1.29, 1.82) is 0 Å². The minimum absolute atomic E-state index is 0.143. The maximum absolute atomic E-state index is 11.4. The fourth-order valence-electron chi connectivity index (χ4n) is 1.80. The predicted octanol–water partition coefficient (Wildman–Crippen LogP) is 1.83. The first-order valence-electron chi connectivity index (χ1n) is 4.85. The second kappa shape index (κ2) is 3.79. The summed E-state index contributed by atoms with van der Waals surface area (Å²) in [6.07, 6.45) is 1.25. The van der Waals surface area contributed by atoms with Crippen LogP contribution in [0.1, 0.15) is 36.5 Å². The third-order valence-corrected chi connectivity index (χ3v) is 3.46. The van der Waals surface area contributed by atoms with Crippen molar-refractivity contribution in [3.63, 3.8) is 0 Å². The summed E-state index contributed by atoms with van der Waals surface area (Å²) in [5.41, 5.74) is 1.04. The summed E-state index contributed by atoms with van der Waals surface area (Å²) in [6.45, 7) is 4.03. The fourth-order valence-corrected chi connectivity index (χ4v) is 2.66. The summed E-state index contributed by atoms with van der Waals surface area (Å²) in [5.74, 6) is 0.342. The fraction of sp³-hybridized carbons (Fsp3) is 0.600. The second-order valence-electron chi connectivity index (χ2n) is 3.89. The maximum atomic E-state index is 11.4. The monoisotopic (exact) mass is 210 g/mol. The van der Waals surface area contributed by atoms with Crippen LogP contribution in [0.3, 0.4) is 0 Å². The molecule has 1 saturated heterocycles. The molecule has 76 valence electrons. The lowest BCUT2D eigenvalue weighted by Gasteiger charge is -2.26. The molecule has 1 N–H and O–H groups in total. The van der Waals surface area contributed by atoms with Crippen LogP contribution in [0.15, 0.2) is 5.38 Å². The molecular weight excluding hydrogens is 196 g/mol. The highest BCUT2D eigenvalue weighted by atomic mass is 32.1. The van der Waals surface area contributed by atoms with Gasteiger partial charge in [0, 0.05) is 30.0 Å². The molecule has 1 fully saturated rings. The van der Waals surface area contributed by atoms with Crippen LogP contribution in [0.4, 0.5) is 0 Å². The number of ketones is 1. The van der Waals surface area contributed by atoms with E-state index in [4.69, 9.17) is 0 Å². The van der Waals surface area contributed by atoms with E-state index in [1.165, 1.54) is 0 Å². The first-order chi connectivity index (χ1) is 6.65.